The van der Waals surface area contributed by atoms with Crippen LogP contribution in [-0.2, 0) is 9.47 Å². The van der Waals surface area contributed by atoms with Crippen molar-refractivity contribution in [2.45, 2.75) is 33.3 Å². The lowest BCUT2D eigenvalue weighted by Crippen LogP contribution is -2.26. The number of esters is 1. The lowest BCUT2D eigenvalue weighted by Gasteiger charge is -2.19. The third kappa shape index (κ3) is 4.47. The normalized spacial score (nSPS) is 11.2. The number of ether oxygens (including phenoxy) is 2. The van der Waals surface area contributed by atoms with Crippen LogP contribution in [0.2, 0.25) is 0 Å². The second kappa shape index (κ2) is 7.21. The summed E-state index contributed by atoms with van der Waals surface area (Å²) in [6.07, 6.45) is 2.78. The lowest BCUT2D eigenvalue weighted by atomic mass is 10.0. The van der Waals surface area contributed by atoms with Crippen LogP contribution >= 0.6 is 15.9 Å². The number of carbonyl (C=O) groups is 2. The van der Waals surface area contributed by atoms with E-state index in [1.807, 2.05) is 32.9 Å². The van der Waals surface area contributed by atoms with Gasteiger partial charge in [0.25, 0.3) is 0 Å². The standard InChI is InChI=1S/C18H20BrNO4/c1-5-23-16(21)15-10-13(19)6-7-14(15)12-8-9-20(11-12)17(22)24-18(2,3)4/h6-11H,5H2,1-4H3. The van der Waals surface area contributed by atoms with E-state index in [0.29, 0.717) is 17.7 Å². The Hall–Kier alpha value is -2.08. The largest absolute Gasteiger partial charge is 0.462 e. The highest BCUT2D eigenvalue weighted by Crippen LogP contribution is 2.28. The van der Waals surface area contributed by atoms with Crippen LogP contribution in [0.4, 0.5) is 4.79 Å². The maximum atomic E-state index is 12.2. The van der Waals surface area contributed by atoms with Crippen molar-refractivity contribution < 1.29 is 19.1 Å². The number of benzene rings is 1. The van der Waals surface area contributed by atoms with Crippen molar-refractivity contribution in [1.29, 1.82) is 0 Å². The minimum absolute atomic E-state index is 0.295. The van der Waals surface area contributed by atoms with E-state index < -0.39 is 17.7 Å². The van der Waals surface area contributed by atoms with Crippen LogP contribution in [0.5, 0.6) is 0 Å². The van der Waals surface area contributed by atoms with Crippen molar-refractivity contribution in [3.05, 3.63) is 46.7 Å². The highest BCUT2D eigenvalue weighted by Gasteiger charge is 2.19. The van der Waals surface area contributed by atoms with E-state index in [-0.39, 0.29) is 0 Å². The molecule has 0 amide bonds. The van der Waals surface area contributed by atoms with Gasteiger partial charge in [-0.2, -0.15) is 0 Å². The van der Waals surface area contributed by atoms with E-state index in [1.165, 1.54) is 4.57 Å². The summed E-state index contributed by atoms with van der Waals surface area (Å²) in [5.74, 6) is -0.404. The van der Waals surface area contributed by atoms with Gasteiger partial charge in [0, 0.05) is 22.4 Å². The highest BCUT2D eigenvalue weighted by molar-refractivity contribution is 9.10. The first-order valence-electron chi connectivity index (χ1n) is 7.59. The first kappa shape index (κ1) is 18.3. The fourth-order valence-electron chi connectivity index (χ4n) is 2.13. The monoisotopic (exact) mass is 393 g/mol. The van der Waals surface area contributed by atoms with Crippen LogP contribution in [0.1, 0.15) is 38.1 Å². The smallest absolute Gasteiger partial charge is 0.418 e. The summed E-state index contributed by atoms with van der Waals surface area (Å²) in [4.78, 5) is 24.3. The Morgan fingerprint density at radius 3 is 2.54 bits per heavy atom. The second-order valence-corrected chi connectivity index (χ2v) is 7.11. The average Bonchev–Trinajstić information content (AvgIpc) is 2.95. The molecule has 1 aromatic heterocycles. The number of rotatable bonds is 3. The van der Waals surface area contributed by atoms with Crippen molar-refractivity contribution in [3.8, 4) is 11.1 Å². The number of hydrogen-bond acceptors (Lipinski definition) is 4. The third-order valence-corrected chi connectivity index (χ3v) is 3.58. The Morgan fingerprint density at radius 2 is 1.92 bits per heavy atom. The zero-order chi connectivity index (χ0) is 17.9. The summed E-state index contributed by atoms with van der Waals surface area (Å²) >= 11 is 3.36. The molecule has 0 bridgehead atoms. The molecule has 0 N–H and O–H groups in total. The molecule has 1 heterocycles. The van der Waals surface area contributed by atoms with Crippen molar-refractivity contribution in [2.75, 3.05) is 6.61 Å². The molecule has 6 heteroatoms. The summed E-state index contributed by atoms with van der Waals surface area (Å²) in [5.41, 5.74) is 1.29. The molecule has 0 saturated heterocycles. The minimum Gasteiger partial charge on any atom is -0.462 e. The fourth-order valence-corrected chi connectivity index (χ4v) is 2.49. The molecular formula is C18H20BrNO4. The summed E-state index contributed by atoms with van der Waals surface area (Å²) in [7, 11) is 0. The van der Waals surface area contributed by atoms with Gasteiger partial charge in [0.05, 0.1) is 12.2 Å². The molecule has 0 fully saturated rings. The summed E-state index contributed by atoms with van der Waals surface area (Å²) in [6, 6.07) is 7.11. The van der Waals surface area contributed by atoms with E-state index in [9.17, 15) is 9.59 Å². The lowest BCUT2D eigenvalue weighted by molar-refractivity contribution is 0.0521. The number of halogens is 1. The molecule has 128 valence electrons. The van der Waals surface area contributed by atoms with E-state index >= 15 is 0 Å². The van der Waals surface area contributed by atoms with Crippen molar-refractivity contribution in [3.63, 3.8) is 0 Å². The van der Waals surface area contributed by atoms with Crippen LogP contribution in [0, 0.1) is 0 Å². The number of hydrogen-bond donors (Lipinski definition) is 0. The molecule has 24 heavy (non-hydrogen) atoms. The van der Waals surface area contributed by atoms with Crippen LogP contribution < -0.4 is 0 Å². The number of aromatic nitrogens is 1. The van der Waals surface area contributed by atoms with Crippen molar-refractivity contribution in [1.82, 2.24) is 4.57 Å². The van der Waals surface area contributed by atoms with E-state index in [1.54, 1.807) is 31.5 Å². The molecule has 0 aliphatic carbocycles. The summed E-state index contributed by atoms with van der Waals surface area (Å²) in [6.45, 7) is 7.48. The zero-order valence-electron chi connectivity index (χ0n) is 14.1. The Morgan fingerprint density at radius 1 is 1.21 bits per heavy atom. The molecule has 2 rings (SSSR count). The molecule has 0 atom stereocenters. The van der Waals surface area contributed by atoms with Gasteiger partial charge in [-0.3, -0.25) is 4.57 Å². The van der Waals surface area contributed by atoms with Gasteiger partial charge in [-0.05, 0) is 51.5 Å². The molecule has 2 aromatic rings. The molecule has 0 aliphatic rings. The Kier molecular flexibility index (Phi) is 5.49. The molecule has 0 spiro atoms. The summed E-state index contributed by atoms with van der Waals surface area (Å²) < 4.78 is 12.6. The van der Waals surface area contributed by atoms with Crippen LogP contribution in [0.3, 0.4) is 0 Å². The van der Waals surface area contributed by atoms with Gasteiger partial charge in [-0.1, -0.05) is 22.0 Å². The van der Waals surface area contributed by atoms with Crippen molar-refractivity contribution in [2.24, 2.45) is 0 Å². The number of nitrogens with zero attached hydrogens (tertiary/aromatic N) is 1. The van der Waals surface area contributed by atoms with E-state index in [2.05, 4.69) is 15.9 Å². The zero-order valence-corrected chi connectivity index (χ0v) is 15.7. The maximum Gasteiger partial charge on any atom is 0.418 e. The predicted octanol–water partition coefficient (Wildman–Crippen LogP) is 4.88. The van der Waals surface area contributed by atoms with Crippen LogP contribution in [0.25, 0.3) is 11.1 Å². The third-order valence-electron chi connectivity index (χ3n) is 3.09. The van der Waals surface area contributed by atoms with Gasteiger partial charge in [-0.25, -0.2) is 9.59 Å². The SMILES string of the molecule is CCOC(=O)c1cc(Br)ccc1-c1ccn(C(=O)OC(C)(C)C)c1. The maximum absolute atomic E-state index is 12.2. The first-order valence-corrected chi connectivity index (χ1v) is 8.39. The molecule has 0 saturated carbocycles. The van der Waals surface area contributed by atoms with Crippen LogP contribution in [0.15, 0.2) is 41.1 Å². The molecule has 1 aromatic carbocycles. The van der Waals surface area contributed by atoms with Gasteiger partial charge >= 0.3 is 12.1 Å². The molecule has 5 nitrogen and oxygen atoms in total. The first-order chi connectivity index (χ1) is 11.2. The van der Waals surface area contributed by atoms with E-state index in [0.717, 1.165) is 10.0 Å². The van der Waals surface area contributed by atoms with Crippen molar-refractivity contribution >= 4 is 28.0 Å². The topological polar surface area (TPSA) is 57.5 Å². The Bertz CT molecular complexity index is 759. The predicted molar refractivity (Wildman–Crippen MR) is 95.2 cm³/mol. The van der Waals surface area contributed by atoms with Gasteiger partial charge in [0.2, 0.25) is 0 Å². The van der Waals surface area contributed by atoms with Gasteiger partial charge in [-0.15, -0.1) is 0 Å². The van der Waals surface area contributed by atoms with Crippen LogP contribution in [-0.4, -0.2) is 28.8 Å². The Balaban J connectivity index is 2.36. The Labute approximate surface area is 149 Å². The van der Waals surface area contributed by atoms with Gasteiger partial charge < -0.3 is 9.47 Å². The summed E-state index contributed by atoms with van der Waals surface area (Å²) in [5, 5.41) is 0. The highest BCUT2D eigenvalue weighted by atomic mass is 79.9. The second-order valence-electron chi connectivity index (χ2n) is 6.20. The average molecular weight is 394 g/mol. The quantitative estimate of drug-likeness (QED) is 0.697. The minimum atomic E-state index is -0.574. The fraction of sp³-hybridized carbons (Fsp3) is 0.333. The van der Waals surface area contributed by atoms with E-state index in [4.69, 9.17) is 9.47 Å². The molecular weight excluding hydrogens is 374 g/mol. The van der Waals surface area contributed by atoms with Gasteiger partial charge in [0.1, 0.15) is 5.60 Å². The van der Waals surface area contributed by atoms with Gasteiger partial charge in [0.15, 0.2) is 0 Å². The molecule has 0 aliphatic heterocycles. The molecule has 0 unspecified atom stereocenters. The number of carbonyl (C=O) groups excluding carboxylic acids is 2. The molecule has 0 radical (unpaired) electrons.